The van der Waals surface area contributed by atoms with Crippen molar-refractivity contribution in [3.05, 3.63) is 34.3 Å². The van der Waals surface area contributed by atoms with Crippen LogP contribution in [0, 0.1) is 11.3 Å². The molecule has 1 amide bonds. The number of halogens is 1. The van der Waals surface area contributed by atoms with Crippen LogP contribution in [0.15, 0.2) is 28.7 Å². The zero-order chi connectivity index (χ0) is 14.8. The number of hydrogen-bond donors (Lipinski definition) is 2. The summed E-state index contributed by atoms with van der Waals surface area (Å²) in [6.45, 7) is 6.88. The number of nitrogens with one attached hydrogen (secondary N) is 2. The van der Waals surface area contributed by atoms with E-state index in [-0.39, 0.29) is 5.91 Å². The largest absolute Gasteiger partial charge is 0.287 e. The van der Waals surface area contributed by atoms with Gasteiger partial charge in [0.2, 0.25) is 0 Å². The van der Waals surface area contributed by atoms with Gasteiger partial charge in [0.15, 0.2) is 0 Å². The highest BCUT2D eigenvalue weighted by Gasteiger charge is 2.32. The summed E-state index contributed by atoms with van der Waals surface area (Å²) < 4.78 is 0.977. The van der Waals surface area contributed by atoms with Crippen LogP contribution in [-0.2, 0) is 0 Å². The maximum Gasteiger partial charge on any atom is 0.265 e. The zero-order valence-corrected chi connectivity index (χ0v) is 14.0. The molecule has 0 spiro atoms. The first-order chi connectivity index (χ1) is 9.35. The lowest BCUT2D eigenvalue weighted by molar-refractivity contribution is 0.0883. The molecule has 1 aromatic rings. The van der Waals surface area contributed by atoms with E-state index in [1.54, 1.807) is 0 Å². The number of rotatable bonds is 3. The highest BCUT2D eigenvalue weighted by Crippen LogP contribution is 2.38. The van der Waals surface area contributed by atoms with Crippen molar-refractivity contribution in [2.24, 2.45) is 11.3 Å². The average Bonchev–Trinajstić information content (AvgIpc) is 2.34. The van der Waals surface area contributed by atoms with E-state index in [9.17, 15) is 4.79 Å². The topological polar surface area (TPSA) is 41.1 Å². The monoisotopic (exact) mass is 338 g/mol. The lowest BCUT2D eigenvalue weighted by atomic mass is 9.71. The Labute approximate surface area is 129 Å². The molecule has 20 heavy (non-hydrogen) atoms. The average molecular weight is 339 g/mol. The number of carbonyl (C=O) groups is 1. The second-order valence-electron chi connectivity index (χ2n) is 6.72. The SMILES string of the molecule is C[C@@H]1C[C@@H](NNC(=O)c2ccc(Br)cc2)CC(C)(C)C1. The summed E-state index contributed by atoms with van der Waals surface area (Å²) in [5.74, 6) is 0.620. The summed E-state index contributed by atoms with van der Waals surface area (Å²) in [6.07, 6.45) is 3.47. The van der Waals surface area contributed by atoms with Gasteiger partial charge in [-0.1, -0.05) is 36.7 Å². The molecule has 4 heteroatoms. The van der Waals surface area contributed by atoms with E-state index < -0.39 is 0 Å². The fourth-order valence-corrected chi connectivity index (χ4v) is 3.56. The van der Waals surface area contributed by atoms with Crippen molar-refractivity contribution in [1.29, 1.82) is 0 Å². The van der Waals surface area contributed by atoms with Gasteiger partial charge in [-0.2, -0.15) is 0 Å². The fourth-order valence-electron chi connectivity index (χ4n) is 3.30. The van der Waals surface area contributed by atoms with Gasteiger partial charge in [0, 0.05) is 16.1 Å². The molecule has 1 aliphatic rings. The molecule has 110 valence electrons. The van der Waals surface area contributed by atoms with Gasteiger partial charge in [0.25, 0.3) is 5.91 Å². The first-order valence-electron chi connectivity index (χ1n) is 7.17. The van der Waals surface area contributed by atoms with E-state index in [1.807, 2.05) is 24.3 Å². The number of carbonyl (C=O) groups excluding carboxylic acids is 1. The zero-order valence-electron chi connectivity index (χ0n) is 12.4. The summed E-state index contributed by atoms with van der Waals surface area (Å²) in [5, 5.41) is 0. The van der Waals surface area contributed by atoms with Crippen LogP contribution >= 0.6 is 15.9 Å². The Balaban J connectivity index is 1.88. The highest BCUT2D eigenvalue weighted by atomic mass is 79.9. The molecule has 2 N–H and O–H groups in total. The predicted octanol–water partition coefficient (Wildman–Crippen LogP) is 3.90. The van der Waals surface area contributed by atoms with E-state index in [0.29, 0.717) is 22.9 Å². The van der Waals surface area contributed by atoms with Gasteiger partial charge >= 0.3 is 0 Å². The molecule has 0 saturated heterocycles. The molecule has 1 fully saturated rings. The third kappa shape index (κ3) is 4.32. The van der Waals surface area contributed by atoms with Crippen LogP contribution in [0.1, 0.15) is 50.4 Å². The molecule has 1 aliphatic carbocycles. The highest BCUT2D eigenvalue weighted by molar-refractivity contribution is 9.10. The summed E-state index contributed by atoms with van der Waals surface area (Å²) in [4.78, 5) is 12.1. The molecule has 0 radical (unpaired) electrons. The number of amides is 1. The molecule has 0 unspecified atom stereocenters. The minimum absolute atomic E-state index is 0.0754. The molecule has 0 aromatic heterocycles. The van der Waals surface area contributed by atoms with Gasteiger partial charge in [-0.25, -0.2) is 5.43 Å². The standard InChI is InChI=1S/C16H23BrN2O/c1-11-8-14(10-16(2,3)9-11)18-19-15(20)12-4-6-13(17)7-5-12/h4-7,11,14,18H,8-10H2,1-3H3,(H,19,20)/t11-,14-/m1/s1. The van der Waals surface area contributed by atoms with Crippen LogP contribution in [0.25, 0.3) is 0 Å². The van der Waals surface area contributed by atoms with Gasteiger partial charge < -0.3 is 0 Å². The predicted molar refractivity (Wildman–Crippen MR) is 85.3 cm³/mol. The summed E-state index contributed by atoms with van der Waals surface area (Å²) in [6, 6.07) is 7.73. The third-order valence-electron chi connectivity index (χ3n) is 3.88. The summed E-state index contributed by atoms with van der Waals surface area (Å²) in [5.41, 5.74) is 7.07. The fraction of sp³-hybridized carbons (Fsp3) is 0.562. The summed E-state index contributed by atoms with van der Waals surface area (Å²) in [7, 11) is 0. The van der Waals surface area contributed by atoms with E-state index >= 15 is 0 Å². The van der Waals surface area contributed by atoms with Gasteiger partial charge in [-0.15, -0.1) is 0 Å². The number of hydrogen-bond acceptors (Lipinski definition) is 2. The van der Waals surface area contributed by atoms with E-state index in [4.69, 9.17) is 0 Å². The molecule has 0 heterocycles. The first kappa shape index (κ1) is 15.5. The molecule has 3 nitrogen and oxygen atoms in total. The minimum atomic E-state index is -0.0754. The second-order valence-corrected chi connectivity index (χ2v) is 7.63. The van der Waals surface area contributed by atoms with E-state index in [1.165, 1.54) is 6.42 Å². The molecular weight excluding hydrogens is 316 g/mol. The maximum absolute atomic E-state index is 12.1. The Bertz CT molecular complexity index is 470. The van der Waals surface area contributed by atoms with E-state index in [0.717, 1.165) is 17.3 Å². The Hall–Kier alpha value is -0.870. The molecule has 0 aliphatic heterocycles. The third-order valence-corrected chi connectivity index (χ3v) is 4.41. The Morgan fingerprint density at radius 2 is 1.90 bits per heavy atom. The molecular formula is C16H23BrN2O. The van der Waals surface area contributed by atoms with Crippen LogP contribution in [0.3, 0.4) is 0 Å². The smallest absolute Gasteiger partial charge is 0.265 e. The first-order valence-corrected chi connectivity index (χ1v) is 7.96. The van der Waals surface area contributed by atoms with Crippen molar-refractivity contribution in [3.8, 4) is 0 Å². The molecule has 0 bridgehead atoms. The minimum Gasteiger partial charge on any atom is -0.287 e. The molecule has 1 aromatic carbocycles. The van der Waals surface area contributed by atoms with Crippen molar-refractivity contribution in [2.75, 3.05) is 0 Å². The molecule has 2 atom stereocenters. The lowest BCUT2D eigenvalue weighted by Gasteiger charge is -2.39. The van der Waals surface area contributed by atoms with Crippen LogP contribution in [-0.4, -0.2) is 11.9 Å². The lowest BCUT2D eigenvalue weighted by Crippen LogP contribution is -2.48. The molecule has 2 rings (SSSR count). The van der Waals surface area contributed by atoms with Crippen LogP contribution in [0.5, 0.6) is 0 Å². The molecule has 1 saturated carbocycles. The van der Waals surface area contributed by atoms with Crippen molar-refractivity contribution in [2.45, 2.75) is 46.1 Å². The normalized spacial score (nSPS) is 25.2. The van der Waals surface area contributed by atoms with Crippen molar-refractivity contribution in [1.82, 2.24) is 10.9 Å². The number of benzene rings is 1. The summed E-state index contributed by atoms with van der Waals surface area (Å²) >= 11 is 3.37. The number of hydrazine groups is 1. The van der Waals surface area contributed by atoms with Crippen molar-refractivity contribution >= 4 is 21.8 Å². The van der Waals surface area contributed by atoms with E-state index in [2.05, 4.69) is 47.6 Å². The Kier molecular flexibility index (Phi) is 4.86. The van der Waals surface area contributed by atoms with Crippen molar-refractivity contribution in [3.63, 3.8) is 0 Å². The van der Waals surface area contributed by atoms with Gasteiger partial charge in [-0.3, -0.25) is 10.2 Å². The van der Waals surface area contributed by atoms with Crippen LogP contribution < -0.4 is 10.9 Å². The Morgan fingerprint density at radius 1 is 1.25 bits per heavy atom. The maximum atomic E-state index is 12.1. The second kappa shape index (κ2) is 6.27. The Morgan fingerprint density at radius 3 is 2.50 bits per heavy atom. The van der Waals surface area contributed by atoms with Crippen LogP contribution in [0.4, 0.5) is 0 Å². The van der Waals surface area contributed by atoms with Gasteiger partial charge in [0.1, 0.15) is 0 Å². The quantitative estimate of drug-likeness (QED) is 0.820. The van der Waals surface area contributed by atoms with Crippen molar-refractivity contribution < 1.29 is 4.79 Å². The van der Waals surface area contributed by atoms with Gasteiger partial charge in [-0.05, 0) is 54.9 Å². The van der Waals surface area contributed by atoms with Crippen LogP contribution in [0.2, 0.25) is 0 Å². The van der Waals surface area contributed by atoms with Gasteiger partial charge in [0.05, 0.1) is 0 Å².